The maximum Gasteiger partial charge on any atom is 0.304 e. The number of carbonyl (C=O) groups excluding carboxylic acids is 2. The first-order valence-electron chi connectivity index (χ1n) is 14.6. The number of nitrogens with zero attached hydrogens (tertiary/aromatic N) is 3. The van der Waals surface area contributed by atoms with Gasteiger partial charge in [0.05, 0.1) is 5.69 Å². The zero-order valence-electron chi connectivity index (χ0n) is 25.3. The predicted molar refractivity (Wildman–Crippen MR) is 167 cm³/mol. The molecule has 230 valence electrons. The fourth-order valence-electron chi connectivity index (χ4n) is 5.42. The highest BCUT2D eigenvalue weighted by molar-refractivity contribution is 7.90. The highest BCUT2D eigenvalue weighted by Crippen LogP contribution is 2.27. The van der Waals surface area contributed by atoms with Crippen molar-refractivity contribution in [3.63, 3.8) is 0 Å². The molecule has 43 heavy (non-hydrogen) atoms. The van der Waals surface area contributed by atoms with E-state index in [-0.39, 0.29) is 30.5 Å². The van der Waals surface area contributed by atoms with Gasteiger partial charge in [0.15, 0.2) is 0 Å². The van der Waals surface area contributed by atoms with Crippen LogP contribution in [0.5, 0.6) is 0 Å². The Hall–Kier alpha value is -3.76. The van der Waals surface area contributed by atoms with Gasteiger partial charge < -0.3 is 10.2 Å². The molecule has 8 nitrogen and oxygen atoms in total. The number of hydrogen-bond donors (Lipinski definition) is 1. The molecule has 1 saturated carbocycles. The summed E-state index contributed by atoms with van der Waals surface area (Å²) in [5.41, 5.74) is 2.92. The Labute approximate surface area is 254 Å². The van der Waals surface area contributed by atoms with Crippen LogP contribution in [-0.4, -0.2) is 62.2 Å². The van der Waals surface area contributed by atoms with E-state index >= 15 is 4.39 Å². The Morgan fingerprint density at radius 3 is 2.26 bits per heavy atom. The van der Waals surface area contributed by atoms with Crippen LogP contribution >= 0.6 is 0 Å². The minimum absolute atomic E-state index is 0.00301. The van der Waals surface area contributed by atoms with Gasteiger partial charge in [0.25, 0.3) is 0 Å². The summed E-state index contributed by atoms with van der Waals surface area (Å²) in [7, 11) is -1.31. The van der Waals surface area contributed by atoms with Gasteiger partial charge in [-0.1, -0.05) is 73.5 Å². The average Bonchev–Trinajstić information content (AvgIpc) is 3.49. The topological polar surface area (TPSA) is 90.0 Å². The first kappa shape index (κ1) is 32.2. The molecule has 1 fully saturated rings. The van der Waals surface area contributed by atoms with E-state index in [0.29, 0.717) is 11.3 Å². The van der Waals surface area contributed by atoms with Gasteiger partial charge >= 0.3 is 10.2 Å². The van der Waals surface area contributed by atoms with Crippen molar-refractivity contribution in [3.8, 4) is 0 Å². The van der Waals surface area contributed by atoms with Crippen LogP contribution in [0.1, 0.15) is 47.9 Å². The lowest BCUT2D eigenvalue weighted by molar-refractivity contribution is -0.140. The van der Waals surface area contributed by atoms with E-state index in [0.717, 1.165) is 45.4 Å². The van der Waals surface area contributed by atoms with Crippen LogP contribution in [0.15, 0.2) is 72.8 Å². The van der Waals surface area contributed by atoms with Crippen molar-refractivity contribution in [2.45, 2.75) is 64.6 Å². The Morgan fingerprint density at radius 2 is 1.60 bits per heavy atom. The summed E-state index contributed by atoms with van der Waals surface area (Å²) in [6.45, 7) is 2.85. The van der Waals surface area contributed by atoms with Gasteiger partial charge in [-0.25, -0.2) is 8.70 Å². The molecule has 1 unspecified atom stereocenters. The van der Waals surface area contributed by atoms with E-state index in [9.17, 15) is 18.0 Å². The van der Waals surface area contributed by atoms with Gasteiger partial charge in [-0.05, 0) is 55.5 Å². The minimum Gasteiger partial charge on any atom is -0.352 e. The molecule has 0 aromatic heterocycles. The van der Waals surface area contributed by atoms with Crippen molar-refractivity contribution in [2.75, 3.05) is 24.9 Å². The molecule has 3 aromatic rings. The fraction of sp³-hybridized carbons (Fsp3) is 0.394. The zero-order valence-corrected chi connectivity index (χ0v) is 26.1. The summed E-state index contributed by atoms with van der Waals surface area (Å²) < 4.78 is 44.4. The number of hydrogen-bond acceptors (Lipinski definition) is 4. The normalized spacial score (nSPS) is 14.5. The van der Waals surface area contributed by atoms with E-state index in [4.69, 9.17) is 0 Å². The third kappa shape index (κ3) is 8.00. The molecule has 0 heterocycles. The smallest absolute Gasteiger partial charge is 0.304 e. The first-order chi connectivity index (χ1) is 20.5. The summed E-state index contributed by atoms with van der Waals surface area (Å²) >= 11 is 0. The number of nitrogens with one attached hydrogen (secondary N) is 1. The molecule has 1 atom stereocenters. The molecule has 2 amide bonds. The second-order valence-electron chi connectivity index (χ2n) is 11.4. The number of amides is 2. The van der Waals surface area contributed by atoms with Crippen molar-refractivity contribution in [3.05, 3.63) is 101 Å². The lowest BCUT2D eigenvalue weighted by Gasteiger charge is -2.35. The molecule has 1 N–H and O–H groups in total. The van der Waals surface area contributed by atoms with Crippen LogP contribution in [0.25, 0.3) is 0 Å². The SMILES string of the molecule is Cc1ccc(C)c(N(CC(=O)N(Cc2ccccc2F)C(Cc2ccccc2)C(=O)NC2CCCC2)S(=O)(=O)N(C)C)c1. The van der Waals surface area contributed by atoms with Crippen LogP contribution < -0.4 is 9.62 Å². The van der Waals surface area contributed by atoms with E-state index in [1.807, 2.05) is 43.3 Å². The summed E-state index contributed by atoms with van der Waals surface area (Å²) in [6, 6.07) is 19.8. The van der Waals surface area contributed by atoms with Crippen LogP contribution in [0.4, 0.5) is 10.1 Å². The van der Waals surface area contributed by atoms with Gasteiger partial charge in [0.1, 0.15) is 18.4 Å². The lowest BCUT2D eigenvalue weighted by Crippen LogP contribution is -2.55. The van der Waals surface area contributed by atoms with Gasteiger partial charge in [-0.15, -0.1) is 0 Å². The number of rotatable bonds is 12. The molecule has 1 aliphatic carbocycles. The van der Waals surface area contributed by atoms with Gasteiger partial charge in [-0.2, -0.15) is 12.7 Å². The van der Waals surface area contributed by atoms with Crippen molar-refractivity contribution >= 4 is 27.7 Å². The molecular weight excluding hydrogens is 567 g/mol. The number of benzene rings is 3. The molecule has 0 saturated heterocycles. The van der Waals surface area contributed by atoms with Crippen LogP contribution in [-0.2, 0) is 32.8 Å². The monoisotopic (exact) mass is 608 g/mol. The highest BCUT2D eigenvalue weighted by atomic mass is 32.2. The molecular formula is C33H41FN4O4S. The molecule has 0 bridgehead atoms. The quantitative estimate of drug-likeness (QED) is 0.321. The van der Waals surface area contributed by atoms with E-state index in [1.165, 1.54) is 25.1 Å². The lowest BCUT2D eigenvalue weighted by atomic mass is 10.0. The standard InChI is InChI=1S/C33H41FN4O4S/c1-24-18-19-25(2)30(20-24)38(43(41,42)36(3)4)23-32(39)37(22-27-14-8-11-17-29(27)34)31(21-26-12-6-5-7-13-26)33(40)35-28-15-9-10-16-28/h5-8,11-14,17-20,28,31H,9-10,15-16,21-23H2,1-4H3,(H,35,40). The van der Waals surface area contributed by atoms with Crippen molar-refractivity contribution in [1.82, 2.24) is 14.5 Å². The first-order valence-corrected chi connectivity index (χ1v) is 16.0. The number of aryl methyl sites for hydroxylation is 2. The third-order valence-corrected chi connectivity index (χ3v) is 9.73. The third-order valence-electron chi connectivity index (χ3n) is 7.92. The van der Waals surface area contributed by atoms with Gasteiger partial charge in [0.2, 0.25) is 11.8 Å². The number of halogens is 1. The summed E-state index contributed by atoms with van der Waals surface area (Å²) in [4.78, 5) is 29.7. The Morgan fingerprint density at radius 1 is 0.953 bits per heavy atom. The highest BCUT2D eigenvalue weighted by Gasteiger charge is 2.36. The summed E-state index contributed by atoms with van der Waals surface area (Å²) in [5.74, 6) is -1.46. The van der Waals surface area contributed by atoms with Gasteiger partial charge in [-0.3, -0.25) is 9.59 Å². The molecule has 0 radical (unpaired) electrons. The molecule has 0 spiro atoms. The predicted octanol–water partition coefficient (Wildman–Crippen LogP) is 4.75. The molecule has 3 aromatic carbocycles. The number of anilines is 1. The van der Waals surface area contributed by atoms with E-state index in [1.54, 1.807) is 37.3 Å². The summed E-state index contributed by atoms with van der Waals surface area (Å²) in [6.07, 6.45) is 3.92. The Balaban J connectivity index is 1.79. The molecule has 10 heteroatoms. The van der Waals surface area contributed by atoms with Gasteiger partial charge in [0, 0.05) is 38.7 Å². The van der Waals surface area contributed by atoms with Crippen LogP contribution in [0.3, 0.4) is 0 Å². The number of carbonyl (C=O) groups is 2. The minimum atomic E-state index is -4.12. The van der Waals surface area contributed by atoms with Crippen molar-refractivity contribution in [1.29, 1.82) is 0 Å². The average molecular weight is 609 g/mol. The van der Waals surface area contributed by atoms with Crippen molar-refractivity contribution < 1.29 is 22.4 Å². The second-order valence-corrected chi connectivity index (χ2v) is 13.5. The maximum absolute atomic E-state index is 15.0. The largest absolute Gasteiger partial charge is 0.352 e. The summed E-state index contributed by atoms with van der Waals surface area (Å²) in [5, 5.41) is 3.12. The van der Waals surface area contributed by atoms with Crippen molar-refractivity contribution in [2.24, 2.45) is 0 Å². The molecule has 0 aliphatic heterocycles. The zero-order chi connectivity index (χ0) is 31.1. The Bertz CT molecular complexity index is 1520. The second kappa shape index (κ2) is 14.1. The maximum atomic E-state index is 15.0. The molecule has 4 rings (SSSR count). The van der Waals surface area contributed by atoms with Crippen LogP contribution in [0.2, 0.25) is 0 Å². The van der Waals surface area contributed by atoms with E-state index < -0.39 is 34.5 Å². The van der Waals surface area contributed by atoms with Crippen LogP contribution in [0, 0.1) is 19.7 Å². The van der Waals surface area contributed by atoms with E-state index in [2.05, 4.69) is 5.32 Å². The Kier molecular flexibility index (Phi) is 10.6. The molecule has 1 aliphatic rings. The fourth-order valence-corrected chi connectivity index (χ4v) is 6.53.